The maximum atomic E-state index is 13.8. The van der Waals surface area contributed by atoms with Crippen LogP contribution in [0, 0.1) is 5.82 Å². The summed E-state index contributed by atoms with van der Waals surface area (Å²) in [5.41, 5.74) is 0.0372. The molecule has 1 amide bonds. The second-order valence-electron chi connectivity index (χ2n) is 7.78. The van der Waals surface area contributed by atoms with Crippen LogP contribution < -0.4 is 0 Å². The molecule has 0 saturated carbocycles. The average molecular weight is 463 g/mol. The Morgan fingerprint density at radius 3 is 2.36 bits per heavy atom. The zero-order valence-corrected chi connectivity index (χ0v) is 18.4. The number of rotatable bonds is 7. The van der Waals surface area contributed by atoms with E-state index in [1.165, 1.54) is 47.4 Å². The molecule has 8 heteroatoms. The zero-order valence-electron chi connectivity index (χ0n) is 18.4. The molecule has 0 spiro atoms. The van der Waals surface area contributed by atoms with Crippen molar-refractivity contribution < 1.29 is 31.9 Å². The van der Waals surface area contributed by atoms with Crippen molar-refractivity contribution in [3.05, 3.63) is 82.3 Å². The van der Waals surface area contributed by atoms with Gasteiger partial charge in [0.1, 0.15) is 5.82 Å². The largest absolute Gasteiger partial charge is 0.463 e. The Balaban J connectivity index is 2.17. The fourth-order valence-corrected chi connectivity index (χ4v) is 4.14. The van der Waals surface area contributed by atoms with Crippen LogP contribution in [0.3, 0.4) is 0 Å². The third-order valence-electron chi connectivity index (χ3n) is 5.54. The number of allylic oxidation sites excluding steroid dienone is 1. The van der Waals surface area contributed by atoms with E-state index in [0.29, 0.717) is 24.1 Å². The van der Waals surface area contributed by atoms with Crippen LogP contribution in [-0.2, 0) is 27.0 Å². The SMILES string of the molecule is CCCC1=C(C(=O)OCC)C(c2ccccc2C(F)(F)F)CC(=O)N1Cc1ccc(F)cc1. The lowest BCUT2D eigenvalue weighted by atomic mass is 9.80. The Morgan fingerprint density at radius 2 is 1.76 bits per heavy atom. The first kappa shape index (κ1) is 24.5. The predicted octanol–water partition coefficient (Wildman–Crippen LogP) is 5.98. The van der Waals surface area contributed by atoms with Crippen LogP contribution in [0.5, 0.6) is 0 Å². The van der Waals surface area contributed by atoms with E-state index in [1.54, 1.807) is 6.92 Å². The highest BCUT2D eigenvalue weighted by Crippen LogP contribution is 2.44. The Labute approximate surface area is 189 Å². The van der Waals surface area contributed by atoms with Gasteiger partial charge in [-0.15, -0.1) is 0 Å². The van der Waals surface area contributed by atoms with Crippen molar-refractivity contribution in [2.45, 2.75) is 51.7 Å². The molecule has 0 aromatic heterocycles. The van der Waals surface area contributed by atoms with Gasteiger partial charge in [-0.25, -0.2) is 9.18 Å². The molecule has 33 heavy (non-hydrogen) atoms. The highest BCUT2D eigenvalue weighted by molar-refractivity contribution is 5.96. The summed E-state index contributed by atoms with van der Waals surface area (Å²) in [7, 11) is 0. The van der Waals surface area contributed by atoms with Gasteiger partial charge in [0.05, 0.1) is 24.3 Å². The van der Waals surface area contributed by atoms with Crippen LogP contribution in [0.4, 0.5) is 17.6 Å². The van der Waals surface area contributed by atoms with Gasteiger partial charge < -0.3 is 9.64 Å². The molecule has 1 aliphatic rings. The first-order chi connectivity index (χ1) is 15.7. The van der Waals surface area contributed by atoms with E-state index in [-0.39, 0.29) is 30.7 Å². The van der Waals surface area contributed by atoms with Gasteiger partial charge >= 0.3 is 12.1 Å². The highest BCUT2D eigenvalue weighted by Gasteiger charge is 2.42. The van der Waals surface area contributed by atoms with Crippen LogP contribution in [-0.4, -0.2) is 23.4 Å². The van der Waals surface area contributed by atoms with Crippen molar-refractivity contribution in [2.24, 2.45) is 0 Å². The standard InChI is InChI=1S/C25H25F4NO3/c1-3-7-21-23(24(32)33-4-2)19(18-8-5-6-9-20(18)25(27,28)29)14-22(31)30(21)15-16-10-12-17(26)13-11-16/h5-6,8-13,19H,3-4,7,14-15H2,1-2H3. The lowest BCUT2D eigenvalue weighted by molar-refractivity contribution is -0.142. The second-order valence-corrected chi connectivity index (χ2v) is 7.78. The maximum absolute atomic E-state index is 13.8. The molecule has 0 aliphatic carbocycles. The average Bonchev–Trinajstić information content (AvgIpc) is 2.77. The molecule has 0 bridgehead atoms. The third-order valence-corrected chi connectivity index (χ3v) is 5.54. The smallest absolute Gasteiger partial charge is 0.416 e. The number of amides is 1. The van der Waals surface area contributed by atoms with Crippen LogP contribution in [0.15, 0.2) is 59.8 Å². The summed E-state index contributed by atoms with van der Waals surface area (Å²) in [6.07, 6.45) is -4.10. The van der Waals surface area contributed by atoms with Crippen molar-refractivity contribution in [2.75, 3.05) is 6.61 Å². The topological polar surface area (TPSA) is 46.6 Å². The number of ether oxygens (including phenoxy) is 1. The summed E-state index contributed by atoms with van der Waals surface area (Å²) in [5.74, 6) is -2.65. The molecule has 0 radical (unpaired) electrons. The molecule has 0 fully saturated rings. The molecule has 2 aromatic carbocycles. The molecule has 1 aliphatic heterocycles. The second kappa shape index (κ2) is 10.2. The van der Waals surface area contributed by atoms with Gasteiger partial charge in [0.25, 0.3) is 0 Å². The van der Waals surface area contributed by atoms with E-state index >= 15 is 0 Å². The summed E-state index contributed by atoms with van der Waals surface area (Å²) in [6, 6.07) is 10.6. The Bertz CT molecular complexity index is 1040. The highest BCUT2D eigenvalue weighted by atomic mass is 19.4. The van der Waals surface area contributed by atoms with E-state index in [1.807, 2.05) is 6.92 Å². The minimum Gasteiger partial charge on any atom is -0.463 e. The zero-order chi connectivity index (χ0) is 24.2. The van der Waals surface area contributed by atoms with Crippen molar-refractivity contribution in [3.63, 3.8) is 0 Å². The molecule has 1 atom stereocenters. The van der Waals surface area contributed by atoms with Crippen LogP contribution in [0.25, 0.3) is 0 Å². The van der Waals surface area contributed by atoms with Gasteiger partial charge in [0.15, 0.2) is 0 Å². The quantitative estimate of drug-likeness (QED) is 0.375. The fourth-order valence-electron chi connectivity index (χ4n) is 4.14. The van der Waals surface area contributed by atoms with Crippen molar-refractivity contribution in [1.82, 2.24) is 4.90 Å². The number of benzene rings is 2. The molecule has 2 aromatic rings. The van der Waals surface area contributed by atoms with E-state index in [4.69, 9.17) is 4.74 Å². The van der Waals surface area contributed by atoms with Crippen molar-refractivity contribution in [1.29, 1.82) is 0 Å². The number of alkyl halides is 3. The van der Waals surface area contributed by atoms with Gasteiger partial charge in [0.2, 0.25) is 5.91 Å². The van der Waals surface area contributed by atoms with Crippen LogP contribution in [0.1, 0.15) is 55.7 Å². The number of hydrogen-bond donors (Lipinski definition) is 0. The summed E-state index contributed by atoms with van der Waals surface area (Å²) in [6.45, 7) is 3.58. The van der Waals surface area contributed by atoms with Gasteiger partial charge in [-0.2, -0.15) is 13.2 Å². The number of carbonyl (C=O) groups excluding carboxylic acids is 2. The lowest BCUT2D eigenvalue weighted by Crippen LogP contribution is -2.39. The summed E-state index contributed by atoms with van der Waals surface area (Å²) >= 11 is 0. The first-order valence-corrected chi connectivity index (χ1v) is 10.8. The van der Waals surface area contributed by atoms with E-state index in [0.717, 1.165) is 6.07 Å². The summed E-state index contributed by atoms with van der Waals surface area (Å²) in [4.78, 5) is 27.6. The number of carbonyl (C=O) groups is 2. The molecule has 0 N–H and O–H groups in total. The monoisotopic (exact) mass is 463 g/mol. The van der Waals surface area contributed by atoms with Gasteiger partial charge in [-0.1, -0.05) is 43.7 Å². The molecule has 176 valence electrons. The molecule has 1 heterocycles. The number of hydrogen-bond acceptors (Lipinski definition) is 3. The molecular formula is C25H25F4NO3. The summed E-state index contributed by atoms with van der Waals surface area (Å²) < 4.78 is 59.8. The van der Waals surface area contributed by atoms with E-state index < -0.39 is 35.4 Å². The van der Waals surface area contributed by atoms with Crippen LogP contribution >= 0.6 is 0 Å². The first-order valence-electron chi connectivity index (χ1n) is 10.8. The van der Waals surface area contributed by atoms with Crippen molar-refractivity contribution >= 4 is 11.9 Å². The van der Waals surface area contributed by atoms with Gasteiger partial charge in [-0.3, -0.25) is 4.79 Å². The maximum Gasteiger partial charge on any atom is 0.416 e. The van der Waals surface area contributed by atoms with Crippen molar-refractivity contribution in [3.8, 4) is 0 Å². The molecular weight excluding hydrogens is 438 g/mol. The Hall–Kier alpha value is -3.16. The van der Waals surface area contributed by atoms with Gasteiger partial charge in [0, 0.05) is 18.0 Å². The number of esters is 1. The molecule has 1 unspecified atom stereocenters. The normalized spacial score (nSPS) is 16.8. The minimum atomic E-state index is -4.64. The summed E-state index contributed by atoms with van der Waals surface area (Å²) in [5, 5.41) is 0. The van der Waals surface area contributed by atoms with E-state index in [9.17, 15) is 27.2 Å². The fraction of sp³-hybridized carbons (Fsp3) is 0.360. The third kappa shape index (κ3) is 5.43. The molecule has 3 rings (SSSR count). The van der Waals surface area contributed by atoms with Crippen LogP contribution in [0.2, 0.25) is 0 Å². The molecule has 4 nitrogen and oxygen atoms in total. The molecule has 0 saturated heterocycles. The van der Waals surface area contributed by atoms with Gasteiger partial charge in [-0.05, 0) is 42.7 Å². The minimum absolute atomic E-state index is 0.0429. The predicted molar refractivity (Wildman–Crippen MR) is 114 cm³/mol. The number of nitrogens with zero attached hydrogens (tertiary/aromatic N) is 1. The lowest BCUT2D eigenvalue weighted by Gasteiger charge is -2.36. The Morgan fingerprint density at radius 1 is 1.09 bits per heavy atom. The Kier molecular flexibility index (Phi) is 7.56. The van der Waals surface area contributed by atoms with E-state index in [2.05, 4.69) is 0 Å². The number of halogens is 4.